The number of ether oxygens (including phenoxy) is 2. The Bertz CT molecular complexity index is 693. The highest BCUT2D eigenvalue weighted by Crippen LogP contribution is 2.04. The minimum Gasteiger partial charge on any atom is -0.465 e. The highest BCUT2D eigenvalue weighted by atomic mass is 16.5. The third kappa shape index (κ3) is 12.5. The molecule has 0 radical (unpaired) electrons. The molecule has 0 saturated carbocycles. The lowest BCUT2D eigenvalue weighted by atomic mass is 10.1. The molecule has 29 heavy (non-hydrogen) atoms. The lowest BCUT2D eigenvalue weighted by molar-refractivity contribution is -0.147. The molecule has 0 bridgehead atoms. The Morgan fingerprint density at radius 2 is 1.17 bits per heavy atom. The molecular weight excluding hydrogens is 364 g/mol. The van der Waals surface area contributed by atoms with E-state index in [0.29, 0.717) is 25.6 Å². The van der Waals surface area contributed by atoms with E-state index in [2.05, 4.69) is 0 Å². The smallest absolute Gasteiger partial charge is 0.308 e. The number of esters is 2. The fourth-order valence-corrected chi connectivity index (χ4v) is 2.40. The molecule has 2 aromatic rings. The van der Waals surface area contributed by atoms with Crippen LogP contribution < -0.4 is 0 Å². The number of carbonyl (C=O) groups is 2. The van der Waals surface area contributed by atoms with E-state index >= 15 is 0 Å². The van der Waals surface area contributed by atoms with Gasteiger partial charge in [-0.2, -0.15) is 0 Å². The summed E-state index contributed by atoms with van der Waals surface area (Å²) in [5, 5.41) is 0. The van der Waals surface area contributed by atoms with Gasteiger partial charge in [0.1, 0.15) is 0 Å². The van der Waals surface area contributed by atoms with E-state index < -0.39 is 0 Å². The summed E-state index contributed by atoms with van der Waals surface area (Å²) >= 11 is 0. The number of hydrogen-bond acceptors (Lipinski definition) is 4. The van der Waals surface area contributed by atoms with Crippen molar-refractivity contribution in [2.75, 3.05) is 13.2 Å². The van der Waals surface area contributed by atoms with Crippen molar-refractivity contribution in [3.63, 3.8) is 0 Å². The minimum absolute atomic E-state index is 0.0363. The molecule has 0 amide bonds. The second-order valence-corrected chi connectivity index (χ2v) is 7.61. The SMILES string of the molecule is CC(C)C(=O)OCCc1ccccc1.CC(C)CC(=O)OCCc1ccccc1. The van der Waals surface area contributed by atoms with Crippen LogP contribution >= 0.6 is 0 Å². The highest BCUT2D eigenvalue weighted by Gasteiger charge is 2.07. The molecule has 158 valence electrons. The van der Waals surface area contributed by atoms with Gasteiger partial charge >= 0.3 is 11.9 Å². The van der Waals surface area contributed by atoms with Crippen molar-refractivity contribution >= 4 is 11.9 Å². The van der Waals surface area contributed by atoms with Crippen molar-refractivity contribution in [3.05, 3.63) is 71.8 Å². The molecule has 0 aliphatic carbocycles. The average molecular weight is 399 g/mol. The molecule has 0 atom stereocenters. The van der Waals surface area contributed by atoms with Crippen LogP contribution in [-0.2, 0) is 31.9 Å². The first-order valence-corrected chi connectivity index (χ1v) is 10.3. The van der Waals surface area contributed by atoms with Gasteiger partial charge < -0.3 is 9.47 Å². The van der Waals surface area contributed by atoms with Gasteiger partial charge in [0.05, 0.1) is 19.1 Å². The minimum atomic E-state index is -0.124. The molecule has 0 aromatic heterocycles. The van der Waals surface area contributed by atoms with Gasteiger partial charge in [-0.25, -0.2) is 0 Å². The Hall–Kier alpha value is -2.62. The molecule has 0 fully saturated rings. The zero-order chi connectivity index (χ0) is 21.5. The van der Waals surface area contributed by atoms with Crippen LogP contribution in [0.25, 0.3) is 0 Å². The summed E-state index contributed by atoms with van der Waals surface area (Å²) in [5.41, 5.74) is 2.40. The quantitative estimate of drug-likeness (QED) is 0.542. The summed E-state index contributed by atoms with van der Waals surface area (Å²) in [5.74, 6) is 0.113. The van der Waals surface area contributed by atoms with Gasteiger partial charge in [0.2, 0.25) is 0 Å². The molecule has 0 saturated heterocycles. The summed E-state index contributed by atoms with van der Waals surface area (Å²) in [6, 6.07) is 20.0. The lowest BCUT2D eigenvalue weighted by Gasteiger charge is -2.06. The Kier molecular flexibility index (Phi) is 12.1. The van der Waals surface area contributed by atoms with Crippen molar-refractivity contribution < 1.29 is 19.1 Å². The Morgan fingerprint density at radius 1 is 0.724 bits per heavy atom. The number of hydrogen-bond donors (Lipinski definition) is 0. The van der Waals surface area contributed by atoms with E-state index in [0.717, 1.165) is 12.8 Å². The second-order valence-electron chi connectivity index (χ2n) is 7.61. The zero-order valence-corrected chi connectivity index (χ0v) is 18.1. The molecule has 2 rings (SSSR count). The average Bonchev–Trinajstić information content (AvgIpc) is 2.69. The molecule has 0 spiro atoms. The molecule has 0 N–H and O–H groups in total. The van der Waals surface area contributed by atoms with Crippen LogP contribution in [0.3, 0.4) is 0 Å². The lowest BCUT2D eigenvalue weighted by Crippen LogP contribution is -2.13. The van der Waals surface area contributed by atoms with E-state index in [-0.39, 0.29) is 17.9 Å². The van der Waals surface area contributed by atoms with Crippen LogP contribution in [0.2, 0.25) is 0 Å². The molecule has 2 aromatic carbocycles. The van der Waals surface area contributed by atoms with Gasteiger partial charge in [0, 0.05) is 19.3 Å². The normalized spacial score (nSPS) is 10.3. The van der Waals surface area contributed by atoms with Crippen LogP contribution in [0.1, 0.15) is 45.2 Å². The Balaban J connectivity index is 0.000000291. The maximum absolute atomic E-state index is 11.2. The first-order chi connectivity index (χ1) is 13.9. The molecule has 0 heterocycles. The van der Waals surface area contributed by atoms with Gasteiger partial charge in [0.15, 0.2) is 0 Å². The van der Waals surface area contributed by atoms with Crippen molar-refractivity contribution in [1.82, 2.24) is 0 Å². The van der Waals surface area contributed by atoms with Gasteiger partial charge in [-0.05, 0) is 17.0 Å². The standard InChI is InChI=1S/C13H18O2.C12H16O2/c1-11(2)10-13(14)15-9-8-12-6-4-3-5-7-12;1-10(2)12(13)14-9-8-11-6-4-3-5-7-11/h3-7,11H,8-10H2,1-2H3;3-7,10H,8-9H2,1-2H3. The highest BCUT2D eigenvalue weighted by molar-refractivity contribution is 5.71. The summed E-state index contributed by atoms with van der Waals surface area (Å²) < 4.78 is 10.2. The summed E-state index contributed by atoms with van der Waals surface area (Å²) in [7, 11) is 0. The van der Waals surface area contributed by atoms with Crippen molar-refractivity contribution in [2.45, 2.75) is 47.0 Å². The molecule has 0 unspecified atom stereocenters. The molecule has 4 nitrogen and oxygen atoms in total. The molecule has 4 heteroatoms. The van der Waals surface area contributed by atoms with Crippen LogP contribution in [0.4, 0.5) is 0 Å². The van der Waals surface area contributed by atoms with Crippen molar-refractivity contribution in [1.29, 1.82) is 0 Å². The van der Waals surface area contributed by atoms with E-state index in [1.807, 2.05) is 88.4 Å². The fraction of sp³-hybridized carbons (Fsp3) is 0.440. The first-order valence-electron chi connectivity index (χ1n) is 10.3. The van der Waals surface area contributed by atoms with Crippen molar-refractivity contribution in [3.8, 4) is 0 Å². The van der Waals surface area contributed by atoms with Gasteiger partial charge in [-0.1, -0.05) is 88.4 Å². The van der Waals surface area contributed by atoms with E-state index in [4.69, 9.17) is 9.47 Å². The molecular formula is C25H34O4. The second kappa shape index (κ2) is 14.4. The van der Waals surface area contributed by atoms with E-state index in [1.54, 1.807) is 0 Å². The zero-order valence-electron chi connectivity index (χ0n) is 18.1. The van der Waals surface area contributed by atoms with Crippen LogP contribution in [0, 0.1) is 11.8 Å². The predicted octanol–water partition coefficient (Wildman–Crippen LogP) is 5.25. The predicted molar refractivity (Wildman–Crippen MR) is 117 cm³/mol. The van der Waals surface area contributed by atoms with Crippen LogP contribution in [0.15, 0.2) is 60.7 Å². The Labute approximate surface area is 175 Å². The summed E-state index contributed by atoms with van der Waals surface area (Å²) in [6.07, 6.45) is 2.10. The third-order valence-electron chi connectivity index (χ3n) is 4.02. The topological polar surface area (TPSA) is 52.6 Å². The van der Waals surface area contributed by atoms with E-state index in [9.17, 15) is 9.59 Å². The van der Waals surface area contributed by atoms with Gasteiger partial charge in [-0.15, -0.1) is 0 Å². The number of carbonyl (C=O) groups excluding carboxylic acids is 2. The van der Waals surface area contributed by atoms with Gasteiger partial charge in [-0.3, -0.25) is 9.59 Å². The van der Waals surface area contributed by atoms with Crippen LogP contribution in [0.5, 0.6) is 0 Å². The van der Waals surface area contributed by atoms with Crippen LogP contribution in [-0.4, -0.2) is 25.2 Å². The number of rotatable bonds is 9. The molecule has 0 aliphatic rings. The maximum Gasteiger partial charge on any atom is 0.308 e. The Morgan fingerprint density at radius 3 is 1.59 bits per heavy atom. The first kappa shape index (κ1) is 24.4. The third-order valence-corrected chi connectivity index (χ3v) is 4.02. The van der Waals surface area contributed by atoms with Gasteiger partial charge in [0.25, 0.3) is 0 Å². The number of benzene rings is 2. The van der Waals surface area contributed by atoms with E-state index in [1.165, 1.54) is 11.1 Å². The maximum atomic E-state index is 11.2. The fourth-order valence-electron chi connectivity index (χ4n) is 2.40. The largest absolute Gasteiger partial charge is 0.465 e. The van der Waals surface area contributed by atoms with Crippen molar-refractivity contribution in [2.24, 2.45) is 11.8 Å². The molecule has 0 aliphatic heterocycles. The monoisotopic (exact) mass is 398 g/mol. The summed E-state index contributed by atoms with van der Waals surface area (Å²) in [4.78, 5) is 22.3. The summed E-state index contributed by atoms with van der Waals surface area (Å²) in [6.45, 7) is 8.66.